The van der Waals surface area contributed by atoms with Crippen molar-refractivity contribution in [1.82, 2.24) is 4.57 Å². The normalized spacial score (nSPS) is 13.7. The SMILES string of the molecule is CC(C)(C)OC(=O)n1ccc2cc([C@@H](c3ccccc3)[C@@H](O)c3ccccc3)ccc21. The molecule has 0 aliphatic heterocycles. The van der Waals surface area contributed by atoms with Gasteiger partial charge in [0, 0.05) is 17.5 Å². The minimum atomic E-state index is -0.700. The second kappa shape index (κ2) is 8.40. The standard InChI is InChI=1S/C27H27NO3/c1-27(2,3)31-26(30)28-17-16-21-18-22(14-15-23(21)28)24(19-10-6-4-7-11-19)25(29)20-12-8-5-9-13-20/h4-18,24-25,29H,1-3H3/t24-,25+/m1/s1. The molecule has 1 heterocycles. The fourth-order valence-electron chi connectivity index (χ4n) is 3.88. The van der Waals surface area contributed by atoms with Crippen molar-refractivity contribution in [2.75, 3.05) is 0 Å². The number of benzene rings is 3. The zero-order chi connectivity index (χ0) is 22.0. The van der Waals surface area contributed by atoms with Gasteiger partial charge in [-0.15, -0.1) is 0 Å². The third-order valence-electron chi connectivity index (χ3n) is 5.28. The van der Waals surface area contributed by atoms with E-state index in [2.05, 4.69) is 0 Å². The summed E-state index contributed by atoms with van der Waals surface area (Å²) in [6.45, 7) is 5.55. The largest absolute Gasteiger partial charge is 0.443 e. The highest BCUT2D eigenvalue weighted by molar-refractivity contribution is 5.90. The highest BCUT2D eigenvalue weighted by Gasteiger charge is 2.25. The zero-order valence-electron chi connectivity index (χ0n) is 18.0. The molecule has 0 amide bonds. The lowest BCUT2D eigenvalue weighted by molar-refractivity contribution is 0.0544. The summed E-state index contributed by atoms with van der Waals surface area (Å²) in [5, 5.41) is 12.2. The maximum atomic E-state index is 12.6. The van der Waals surface area contributed by atoms with E-state index in [0.717, 1.165) is 27.6 Å². The predicted molar refractivity (Wildman–Crippen MR) is 123 cm³/mol. The lowest BCUT2D eigenvalue weighted by Crippen LogP contribution is -2.26. The molecule has 31 heavy (non-hydrogen) atoms. The fraction of sp³-hybridized carbons (Fsp3) is 0.222. The number of carbonyl (C=O) groups is 1. The van der Waals surface area contributed by atoms with Crippen molar-refractivity contribution < 1.29 is 14.6 Å². The minimum Gasteiger partial charge on any atom is -0.443 e. The Morgan fingerprint density at radius 1 is 0.839 bits per heavy atom. The van der Waals surface area contributed by atoms with Gasteiger partial charge in [0.1, 0.15) is 5.60 Å². The van der Waals surface area contributed by atoms with Gasteiger partial charge in [-0.05, 0) is 55.7 Å². The molecule has 4 heteroatoms. The Morgan fingerprint density at radius 2 is 1.45 bits per heavy atom. The number of carbonyl (C=O) groups excluding carboxylic acids is 1. The van der Waals surface area contributed by atoms with Crippen LogP contribution in [0.3, 0.4) is 0 Å². The van der Waals surface area contributed by atoms with Gasteiger partial charge in [-0.3, -0.25) is 4.57 Å². The molecule has 4 nitrogen and oxygen atoms in total. The molecule has 0 unspecified atom stereocenters. The molecule has 1 N–H and O–H groups in total. The summed E-state index contributed by atoms with van der Waals surface area (Å²) in [5.41, 5.74) is 3.09. The van der Waals surface area contributed by atoms with Crippen LogP contribution >= 0.6 is 0 Å². The summed E-state index contributed by atoms with van der Waals surface area (Å²) in [6.07, 6.45) is 0.626. The molecule has 0 aliphatic rings. The molecule has 2 atom stereocenters. The van der Waals surface area contributed by atoms with E-state index in [1.807, 2.05) is 106 Å². The van der Waals surface area contributed by atoms with Crippen LogP contribution < -0.4 is 0 Å². The van der Waals surface area contributed by atoms with Crippen LogP contribution in [0.2, 0.25) is 0 Å². The van der Waals surface area contributed by atoms with Crippen LogP contribution in [0.4, 0.5) is 4.79 Å². The van der Waals surface area contributed by atoms with Gasteiger partial charge >= 0.3 is 6.09 Å². The number of rotatable bonds is 4. The van der Waals surface area contributed by atoms with Gasteiger partial charge in [-0.1, -0.05) is 66.7 Å². The molecule has 4 rings (SSSR count). The summed E-state index contributed by atoms with van der Waals surface area (Å²) >= 11 is 0. The lowest BCUT2D eigenvalue weighted by atomic mass is 9.83. The van der Waals surface area contributed by atoms with Gasteiger partial charge < -0.3 is 9.84 Å². The Labute approximate surface area is 182 Å². The number of fused-ring (bicyclic) bond motifs is 1. The molecule has 0 spiro atoms. The number of aliphatic hydroxyl groups excluding tert-OH is 1. The maximum Gasteiger partial charge on any atom is 0.418 e. The van der Waals surface area contributed by atoms with Crippen LogP contribution in [0.15, 0.2) is 91.1 Å². The fourth-order valence-corrected chi connectivity index (χ4v) is 3.88. The van der Waals surface area contributed by atoms with E-state index in [9.17, 15) is 9.90 Å². The highest BCUT2D eigenvalue weighted by Crippen LogP contribution is 2.38. The summed E-state index contributed by atoms with van der Waals surface area (Å²) < 4.78 is 7.04. The molecule has 1 aromatic heterocycles. The molecule has 0 aliphatic carbocycles. The molecule has 0 radical (unpaired) electrons. The van der Waals surface area contributed by atoms with Crippen LogP contribution in [-0.4, -0.2) is 21.4 Å². The third-order valence-corrected chi connectivity index (χ3v) is 5.28. The van der Waals surface area contributed by atoms with E-state index in [1.165, 1.54) is 4.57 Å². The molecular formula is C27H27NO3. The number of hydrogen-bond acceptors (Lipinski definition) is 3. The first-order valence-electron chi connectivity index (χ1n) is 10.5. The minimum absolute atomic E-state index is 0.238. The Hall–Kier alpha value is -3.37. The Kier molecular flexibility index (Phi) is 5.66. The van der Waals surface area contributed by atoms with Crippen molar-refractivity contribution in [3.8, 4) is 0 Å². The molecule has 0 saturated heterocycles. The number of ether oxygens (including phenoxy) is 1. The Morgan fingerprint density at radius 3 is 2.06 bits per heavy atom. The van der Waals surface area contributed by atoms with Gasteiger partial charge in [0.25, 0.3) is 0 Å². The number of aromatic nitrogens is 1. The van der Waals surface area contributed by atoms with Crippen molar-refractivity contribution in [3.63, 3.8) is 0 Å². The molecule has 4 aromatic rings. The van der Waals surface area contributed by atoms with E-state index < -0.39 is 17.8 Å². The Bertz CT molecular complexity index is 1170. The van der Waals surface area contributed by atoms with E-state index in [-0.39, 0.29) is 5.92 Å². The molecule has 0 saturated carbocycles. The topological polar surface area (TPSA) is 51.5 Å². The maximum absolute atomic E-state index is 12.6. The van der Waals surface area contributed by atoms with Crippen molar-refractivity contribution in [1.29, 1.82) is 0 Å². The molecule has 0 bridgehead atoms. The summed E-state index contributed by atoms with van der Waals surface area (Å²) in [4.78, 5) is 12.6. The van der Waals surface area contributed by atoms with Gasteiger partial charge in [0.2, 0.25) is 0 Å². The predicted octanol–water partition coefficient (Wildman–Crippen LogP) is 6.29. The quantitative estimate of drug-likeness (QED) is 0.428. The second-order valence-corrected chi connectivity index (χ2v) is 8.73. The summed E-state index contributed by atoms with van der Waals surface area (Å²) in [5.74, 6) is -0.238. The van der Waals surface area contributed by atoms with E-state index in [0.29, 0.717) is 0 Å². The number of nitrogens with zero attached hydrogens (tertiary/aromatic N) is 1. The molecule has 3 aromatic carbocycles. The molecule has 0 fully saturated rings. The van der Waals surface area contributed by atoms with E-state index >= 15 is 0 Å². The summed E-state index contributed by atoms with van der Waals surface area (Å²) in [6, 6.07) is 27.6. The van der Waals surface area contributed by atoms with E-state index in [4.69, 9.17) is 4.74 Å². The highest BCUT2D eigenvalue weighted by atomic mass is 16.6. The monoisotopic (exact) mass is 413 g/mol. The molecule has 158 valence electrons. The average molecular weight is 414 g/mol. The average Bonchev–Trinajstić information content (AvgIpc) is 3.18. The smallest absolute Gasteiger partial charge is 0.418 e. The summed E-state index contributed by atoms with van der Waals surface area (Å²) in [7, 11) is 0. The van der Waals surface area contributed by atoms with Crippen LogP contribution in [0.1, 0.15) is 49.5 Å². The van der Waals surface area contributed by atoms with Crippen molar-refractivity contribution >= 4 is 17.0 Å². The van der Waals surface area contributed by atoms with Crippen LogP contribution in [0.25, 0.3) is 10.9 Å². The van der Waals surface area contributed by atoms with Crippen LogP contribution in [0.5, 0.6) is 0 Å². The first kappa shape index (κ1) is 20.9. The first-order valence-corrected chi connectivity index (χ1v) is 10.5. The van der Waals surface area contributed by atoms with Crippen molar-refractivity contribution in [3.05, 3.63) is 108 Å². The van der Waals surface area contributed by atoms with E-state index in [1.54, 1.807) is 6.20 Å². The lowest BCUT2D eigenvalue weighted by Gasteiger charge is -2.25. The van der Waals surface area contributed by atoms with Crippen molar-refractivity contribution in [2.24, 2.45) is 0 Å². The van der Waals surface area contributed by atoms with Gasteiger partial charge in [-0.25, -0.2) is 4.79 Å². The van der Waals surface area contributed by atoms with Gasteiger partial charge in [0.15, 0.2) is 0 Å². The first-order chi connectivity index (χ1) is 14.8. The van der Waals surface area contributed by atoms with Crippen molar-refractivity contribution in [2.45, 2.75) is 38.4 Å². The van der Waals surface area contributed by atoms with Crippen LogP contribution in [0, 0.1) is 0 Å². The third kappa shape index (κ3) is 4.54. The van der Waals surface area contributed by atoms with Gasteiger partial charge in [0.05, 0.1) is 11.6 Å². The number of hydrogen-bond donors (Lipinski definition) is 1. The number of aliphatic hydroxyl groups is 1. The van der Waals surface area contributed by atoms with Gasteiger partial charge in [-0.2, -0.15) is 0 Å². The zero-order valence-corrected chi connectivity index (χ0v) is 18.0. The second-order valence-electron chi connectivity index (χ2n) is 8.73. The Balaban J connectivity index is 1.75. The molecular weight excluding hydrogens is 386 g/mol. The van der Waals surface area contributed by atoms with Crippen LogP contribution in [-0.2, 0) is 4.74 Å².